The van der Waals surface area contributed by atoms with Crippen LogP contribution in [0.2, 0.25) is 0 Å². The Hall–Kier alpha value is -3.32. The number of rotatable bonds is 2. The van der Waals surface area contributed by atoms with E-state index in [-0.39, 0.29) is 5.91 Å². The molecule has 0 unspecified atom stereocenters. The number of ether oxygens (including phenoxy) is 2. The first-order chi connectivity index (χ1) is 14.7. The maximum absolute atomic E-state index is 12.7. The van der Waals surface area contributed by atoms with E-state index in [0.29, 0.717) is 31.9 Å². The van der Waals surface area contributed by atoms with Gasteiger partial charge >= 0.3 is 0 Å². The van der Waals surface area contributed by atoms with Gasteiger partial charge in [-0.2, -0.15) is 0 Å². The van der Waals surface area contributed by atoms with E-state index in [4.69, 9.17) is 14.5 Å². The van der Waals surface area contributed by atoms with Crippen molar-refractivity contribution >= 4 is 28.8 Å². The number of amidine groups is 1. The minimum atomic E-state index is 0.103. The molecule has 1 aromatic heterocycles. The Kier molecular flexibility index (Phi) is 4.88. The summed E-state index contributed by atoms with van der Waals surface area (Å²) in [6, 6.07) is 17.4. The fraction of sp³-hybridized carbons (Fsp3) is 0.217. The SMILES string of the molecule is COc1ccc2c(c1)Oc1ccccc1N=C2N1CCN(C(=O)c2cccs2)CC1. The molecule has 1 fully saturated rings. The summed E-state index contributed by atoms with van der Waals surface area (Å²) in [6.45, 7) is 2.74. The smallest absolute Gasteiger partial charge is 0.264 e. The van der Waals surface area contributed by atoms with Gasteiger partial charge in [-0.05, 0) is 35.7 Å². The Morgan fingerprint density at radius 2 is 1.87 bits per heavy atom. The quantitative estimate of drug-likeness (QED) is 0.618. The number of para-hydroxylation sites is 2. The second-order valence-electron chi connectivity index (χ2n) is 7.12. The molecule has 0 saturated carbocycles. The van der Waals surface area contributed by atoms with Gasteiger partial charge in [0.15, 0.2) is 5.75 Å². The number of piperazine rings is 1. The lowest BCUT2D eigenvalue weighted by molar-refractivity contribution is 0.0697. The highest BCUT2D eigenvalue weighted by Gasteiger charge is 2.28. The Morgan fingerprint density at radius 1 is 1.03 bits per heavy atom. The van der Waals surface area contributed by atoms with Crippen molar-refractivity contribution in [1.29, 1.82) is 0 Å². The first-order valence-corrected chi connectivity index (χ1v) is 10.7. The highest BCUT2D eigenvalue weighted by Crippen LogP contribution is 2.39. The van der Waals surface area contributed by atoms with Crippen molar-refractivity contribution in [3.8, 4) is 17.2 Å². The summed E-state index contributed by atoms with van der Waals surface area (Å²) in [5.74, 6) is 3.13. The van der Waals surface area contributed by atoms with Crippen molar-refractivity contribution in [3.63, 3.8) is 0 Å². The van der Waals surface area contributed by atoms with Crippen molar-refractivity contribution in [2.24, 2.45) is 4.99 Å². The second-order valence-corrected chi connectivity index (χ2v) is 8.07. The zero-order valence-corrected chi connectivity index (χ0v) is 17.4. The summed E-state index contributed by atoms with van der Waals surface area (Å²) >= 11 is 1.49. The van der Waals surface area contributed by atoms with Crippen LogP contribution in [0, 0.1) is 0 Å². The van der Waals surface area contributed by atoms with Crippen LogP contribution in [0.5, 0.6) is 17.2 Å². The lowest BCUT2D eigenvalue weighted by atomic mass is 10.1. The number of hydrogen-bond donors (Lipinski definition) is 0. The van der Waals surface area contributed by atoms with Crippen molar-refractivity contribution in [2.45, 2.75) is 0 Å². The number of aliphatic imine (C=N–C) groups is 1. The van der Waals surface area contributed by atoms with Gasteiger partial charge in [0.1, 0.15) is 23.0 Å². The summed E-state index contributed by atoms with van der Waals surface area (Å²) < 4.78 is 11.6. The summed E-state index contributed by atoms with van der Waals surface area (Å²) in [5, 5.41) is 1.94. The number of benzene rings is 2. The van der Waals surface area contributed by atoms with Crippen LogP contribution in [0.3, 0.4) is 0 Å². The monoisotopic (exact) mass is 419 g/mol. The van der Waals surface area contributed by atoms with Gasteiger partial charge in [-0.25, -0.2) is 4.99 Å². The van der Waals surface area contributed by atoms with Crippen LogP contribution in [0.4, 0.5) is 5.69 Å². The minimum absolute atomic E-state index is 0.103. The molecule has 3 aromatic rings. The molecular weight excluding hydrogens is 398 g/mol. The van der Waals surface area contributed by atoms with Gasteiger partial charge in [0.05, 0.1) is 17.6 Å². The van der Waals surface area contributed by atoms with Crippen molar-refractivity contribution in [2.75, 3.05) is 33.3 Å². The van der Waals surface area contributed by atoms with Crippen molar-refractivity contribution < 1.29 is 14.3 Å². The third-order valence-corrected chi connectivity index (χ3v) is 6.20. The van der Waals surface area contributed by atoms with Crippen LogP contribution in [0.25, 0.3) is 0 Å². The number of methoxy groups -OCH3 is 1. The fourth-order valence-corrected chi connectivity index (χ4v) is 4.44. The molecule has 6 nitrogen and oxygen atoms in total. The highest BCUT2D eigenvalue weighted by molar-refractivity contribution is 7.12. The molecule has 0 N–H and O–H groups in total. The zero-order valence-electron chi connectivity index (χ0n) is 16.6. The van der Waals surface area contributed by atoms with Crippen LogP contribution in [0.15, 0.2) is 65.0 Å². The molecule has 3 heterocycles. The van der Waals surface area contributed by atoms with Gasteiger partial charge < -0.3 is 19.3 Å². The third-order valence-electron chi connectivity index (χ3n) is 5.34. The van der Waals surface area contributed by atoms with Crippen molar-refractivity contribution in [3.05, 3.63) is 70.4 Å². The van der Waals surface area contributed by atoms with E-state index in [1.807, 2.05) is 64.9 Å². The van der Waals surface area contributed by atoms with E-state index < -0.39 is 0 Å². The average molecular weight is 420 g/mol. The van der Waals surface area contributed by atoms with Gasteiger partial charge in [-0.15, -0.1) is 11.3 Å². The number of hydrogen-bond acceptors (Lipinski definition) is 6. The van der Waals surface area contributed by atoms with E-state index >= 15 is 0 Å². The van der Waals surface area contributed by atoms with Gasteiger partial charge in [0.25, 0.3) is 5.91 Å². The Morgan fingerprint density at radius 3 is 2.63 bits per heavy atom. The summed E-state index contributed by atoms with van der Waals surface area (Å²) in [6.07, 6.45) is 0. The lowest BCUT2D eigenvalue weighted by Crippen LogP contribution is -2.50. The van der Waals surface area contributed by atoms with Crippen LogP contribution in [0.1, 0.15) is 15.2 Å². The maximum atomic E-state index is 12.7. The first kappa shape index (κ1) is 18.7. The minimum Gasteiger partial charge on any atom is -0.497 e. The Balaban J connectivity index is 1.45. The highest BCUT2D eigenvalue weighted by atomic mass is 32.1. The molecule has 7 heteroatoms. The first-order valence-electron chi connectivity index (χ1n) is 9.84. The lowest BCUT2D eigenvalue weighted by Gasteiger charge is -2.36. The van der Waals surface area contributed by atoms with Gasteiger partial charge in [0, 0.05) is 32.2 Å². The number of amides is 1. The van der Waals surface area contributed by atoms with Crippen LogP contribution >= 0.6 is 11.3 Å². The molecule has 0 radical (unpaired) electrons. The van der Waals surface area contributed by atoms with Gasteiger partial charge in [0.2, 0.25) is 0 Å². The van der Waals surface area contributed by atoms with Crippen LogP contribution < -0.4 is 9.47 Å². The molecule has 5 rings (SSSR count). The molecule has 1 saturated heterocycles. The topological polar surface area (TPSA) is 54.4 Å². The van der Waals surface area contributed by atoms with E-state index in [1.54, 1.807) is 7.11 Å². The van der Waals surface area contributed by atoms with E-state index in [1.165, 1.54) is 11.3 Å². The average Bonchev–Trinajstić information content (AvgIpc) is 3.28. The number of carbonyl (C=O) groups is 1. The molecule has 0 spiro atoms. The van der Waals surface area contributed by atoms with E-state index in [9.17, 15) is 4.79 Å². The van der Waals surface area contributed by atoms with Crippen LogP contribution in [-0.2, 0) is 0 Å². The predicted molar refractivity (Wildman–Crippen MR) is 118 cm³/mol. The van der Waals surface area contributed by atoms with E-state index in [2.05, 4.69) is 4.90 Å². The second kappa shape index (κ2) is 7.84. The maximum Gasteiger partial charge on any atom is 0.264 e. The number of fused-ring (bicyclic) bond motifs is 2. The number of thiophene rings is 1. The third kappa shape index (κ3) is 3.41. The molecule has 2 aliphatic heterocycles. The van der Waals surface area contributed by atoms with E-state index in [0.717, 1.165) is 33.5 Å². The fourth-order valence-electron chi connectivity index (χ4n) is 3.75. The Labute approximate surface area is 179 Å². The number of nitrogens with zero attached hydrogens (tertiary/aromatic N) is 3. The summed E-state index contributed by atoms with van der Waals surface area (Å²) in [7, 11) is 1.64. The van der Waals surface area contributed by atoms with Crippen molar-refractivity contribution in [1.82, 2.24) is 9.80 Å². The molecular formula is C23H21N3O3S. The summed E-state index contributed by atoms with van der Waals surface area (Å²) in [5.41, 5.74) is 1.71. The molecule has 0 aliphatic carbocycles. The Bertz CT molecular complexity index is 1100. The predicted octanol–water partition coefficient (Wildman–Crippen LogP) is 4.40. The van der Waals surface area contributed by atoms with Gasteiger partial charge in [-0.3, -0.25) is 4.79 Å². The number of carbonyl (C=O) groups excluding carboxylic acids is 1. The summed E-state index contributed by atoms with van der Waals surface area (Å²) in [4.78, 5) is 22.6. The molecule has 2 aromatic carbocycles. The molecule has 0 bridgehead atoms. The molecule has 2 aliphatic rings. The zero-order chi connectivity index (χ0) is 20.5. The molecule has 1 amide bonds. The van der Waals surface area contributed by atoms with Crippen LogP contribution in [-0.4, -0.2) is 54.8 Å². The molecule has 0 atom stereocenters. The largest absolute Gasteiger partial charge is 0.497 e. The molecule has 152 valence electrons. The molecule has 30 heavy (non-hydrogen) atoms. The normalized spacial score (nSPS) is 15.4. The standard InChI is InChI=1S/C23H21N3O3S/c1-28-16-8-9-17-20(15-16)29-19-6-3-2-5-18(19)24-22(17)25-10-12-26(13-11-25)23(27)21-7-4-14-30-21/h2-9,14-15H,10-13H2,1H3. The van der Waals surface area contributed by atoms with Gasteiger partial charge in [-0.1, -0.05) is 18.2 Å².